The second-order valence-corrected chi connectivity index (χ2v) is 3.83. The molecule has 0 aromatic heterocycles. The summed E-state index contributed by atoms with van der Waals surface area (Å²) in [6, 6.07) is 4.07. The number of amides is 1. The van der Waals surface area contributed by atoms with Crippen LogP contribution in [0.25, 0.3) is 0 Å². The van der Waals surface area contributed by atoms with Crippen molar-refractivity contribution in [3.05, 3.63) is 35.1 Å². The minimum Gasteiger partial charge on any atom is -0.481 e. The van der Waals surface area contributed by atoms with Crippen LogP contribution in [0, 0.1) is 12.7 Å². The highest BCUT2D eigenvalue weighted by Gasteiger charge is 2.13. The fourth-order valence-electron chi connectivity index (χ4n) is 1.36. The molecule has 0 aliphatic rings. The Kier molecular flexibility index (Phi) is 4.20. The molecular formula is C12H14FNO3. The van der Waals surface area contributed by atoms with Crippen molar-refractivity contribution in [2.75, 3.05) is 13.6 Å². The number of benzene rings is 1. The van der Waals surface area contributed by atoms with Crippen LogP contribution in [0.3, 0.4) is 0 Å². The third-order valence-electron chi connectivity index (χ3n) is 2.41. The first-order valence-electron chi connectivity index (χ1n) is 5.15. The summed E-state index contributed by atoms with van der Waals surface area (Å²) in [5.41, 5.74) is 0.749. The molecule has 1 rings (SSSR count). The largest absolute Gasteiger partial charge is 0.481 e. The SMILES string of the molecule is Cc1cc(C(=O)N(C)CCC(=O)O)ccc1F. The van der Waals surface area contributed by atoms with E-state index in [9.17, 15) is 14.0 Å². The van der Waals surface area contributed by atoms with Crippen molar-refractivity contribution < 1.29 is 19.1 Å². The Morgan fingerprint density at radius 1 is 1.41 bits per heavy atom. The van der Waals surface area contributed by atoms with Gasteiger partial charge in [-0.1, -0.05) is 0 Å². The lowest BCUT2D eigenvalue weighted by atomic mass is 10.1. The Bertz CT molecular complexity index is 445. The molecule has 1 aromatic rings. The summed E-state index contributed by atoms with van der Waals surface area (Å²) >= 11 is 0. The van der Waals surface area contributed by atoms with E-state index >= 15 is 0 Å². The third-order valence-corrected chi connectivity index (χ3v) is 2.41. The number of carboxylic acids is 1. The molecule has 0 radical (unpaired) electrons. The van der Waals surface area contributed by atoms with Gasteiger partial charge in [0.2, 0.25) is 0 Å². The predicted molar refractivity (Wildman–Crippen MR) is 60.4 cm³/mol. The Morgan fingerprint density at radius 2 is 2.06 bits per heavy atom. The number of halogens is 1. The zero-order valence-corrected chi connectivity index (χ0v) is 9.74. The van der Waals surface area contributed by atoms with E-state index in [4.69, 9.17) is 5.11 Å². The van der Waals surface area contributed by atoms with E-state index in [1.165, 1.54) is 30.1 Å². The number of nitrogens with zero attached hydrogens (tertiary/aromatic N) is 1. The molecular weight excluding hydrogens is 225 g/mol. The van der Waals surface area contributed by atoms with Crippen LogP contribution in [0.2, 0.25) is 0 Å². The summed E-state index contributed by atoms with van der Waals surface area (Å²) in [4.78, 5) is 23.5. The van der Waals surface area contributed by atoms with Crippen molar-refractivity contribution in [3.8, 4) is 0 Å². The molecule has 1 aromatic carbocycles. The van der Waals surface area contributed by atoms with Crippen LogP contribution in [0.15, 0.2) is 18.2 Å². The molecule has 5 heteroatoms. The van der Waals surface area contributed by atoms with Gasteiger partial charge in [-0.25, -0.2) is 4.39 Å². The number of carboxylic acid groups (broad SMARTS) is 1. The summed E-state index contributed by atoms with van der Waals surface area (Å²) in [5.74, 6) is -1.64. The fraction of sp³-hybridized carbons (Fsp3) is 0.333. The molecule has 0 spiro atoms. The van der Waals surface area contributed by atoms with Crippen molar-refractivity contribution in [2.24, 2.45) is 0 Å². The maximum absolute atomic E-state index is 13.0. The number of hydrogen-bond acceptors (Lipinski definition) is 2. The second-order valence-electron chi connectivity index (χ2n) is 3.83. The lowest BCUT2D eigenvalue weighted by Crippen LogP contribution is -2.29. The first-order chi connectivity index (χ1) is 7.91. The van der Waals surface area contributed by atoms with E-state index in [1.807, 2.05) is 0 Å². The first-order valence-corrected chi connectivity index (χ1v) is 5.15. The highest BCUT2D eigenvalue weighted by atomic mass is 19.1. The lowest BCUT2D eigenvalue weighted by Gasteiger charge is -2.16. The number of aryl methyl sites for hydroxylation is 1. The highest BCUT2D eigenvalue weighted by molar-refractivity contribution is 5.94. The quantitative estimate of drug-likeness (QED) is 0.869. The van der Waals surface area contributed by atoms with Crippen molar-refractivity contribution in [2.45, 2.75) is 13.3 Å². The zero-order valence-electron chi connectivity index (χ0n) is 9.74. The summed E-state index contributed by atoms with van der Waals surface area (Å²) in [7, 11) is 1.52. The van der Waals surface area contributed by atoms with E-state index in [2.05, 4.69) is 0 Å². The van der Waals surface area contributed by atoms with Gasteiger partial charge in [0.25, 0.3) is 5.91 Å². The maximum atomic E-state index is 13.0. The normalized spacial score (nSPS) is 10.1. The van der Waals surface area contributed by atoms with Crippen molar-refractivity contribution >= 4 is 11.9 Å². The maximum Gasteiger partial charge on any atom is 0.305 e. The molecule has 0 atom stereocenters. The zero-order chi connectivity index (χ0) is 13.0. The van der Waals surface area contributed by atoms with Crippen LogP contribution in [-0.4, -0.2) is 35.5 Å². The smallest absolute Gasteiger partial charge is 0.305 e. The molecule has 92 valence electrons. The van der Waals surface area contributed by atoms with Crippen LogP contribution in [0.4, 0.5) is 4.39 Å². The highest BCUT2D eigenvalue weighted by Crippen LogP contribution is 2.11. The van der Waals surface area contributed by atoms with Crippen LogP contribution >= 0.6 is 0 Å². The van der Waals surface area contributed by atoms with E-state index < -0.39 is 5.97 Å². The van der Waals surface area contributed by atoms with Crippen LogP contribution in [0.1, 0.15) is 22.3 Å². The van der Waals surface area contributed by atoms with Gasteiger partial charge in [-0.3, -0.25) is 9.59 Å². The van der Waals surface area contributed by atoms with Gasteiger partial charge in [0.15, 0.2) is 0 Å². The van der Waals surface area contributed by atoms with Gasteiger partial charge in [-0.05, 0) is 30.7 Å². The van der Waals surface area contributed by atoms with Crippen LogP contribution in [-0.2, 0) is 4.79 Å². The topological polar surface area (TPSA) is 57.6 Å². The minimum absolute atomic E-state index is 0.109. The van der Waals surface area contributed by atoms with Crippen molar-refractivity contribution in [3.63, 3.8) is 0 Å². The summed E-state index contributed by atoms with van der Waals surface area (Å²) in [6.45, 7) is 1.70. The average molecular weight is 239 g/mol. The molecule has 0 aliphatic heterocycles. The molecule has 0 aliphatic carbocycles. The van der Waals surface area contributed by atoms with Crippen molar-refractivity contribution in [1.29, 1.82) is 0 Å². The van der Waals surface area contributed by atoms with Gasteiger partial charge in [0.1, 0.15) is 5.82 Å². The number of aliphatic carboxylic acids is 1. The van der Waals surface area contributed by atoms with Crippen molar-refractivity contribution in [1.82, 2.24) is 4.90 Å². The summed E-state index contributed by atoms with van der Waals surface area (Å²) in [5, 5.41) is 8.51. The molecule has 4 nitrogen and oxygen atoms in total. The average Bonchev–Trinajstić information content (AvgIpc) is 2.28. The Morgan fingerprint density at radius 3 is 2.59 bits per heavy atom. The third kappa shape index (κ3) is 3.55. The molecule has 17 heavy (non-hydrogen) atoms. The van der Waals surface area contributed by atoms with Gasteiger partial charge in [0, 0.05) is 19.2 Å². The monoisotopic (exact) mass is 239 g/mol. The van der Waals surface area contributed by atoms with E-state index in [0.29, 0.717) is 11.1 Å². The first kappa shape index (κ1) is 13.2. The summed E-state index contributed by atoms with van der Waals surface area (Å²) < 4.78 is 13.0. The van der Waals surface area contributed by atoms with Gasteiger partial charge < -0.3 is 10.0 Å². The van der Waals surface area contributed by atoms with Crippen LogP contribution in [0.5, 0.6) is 0 Å². The molecule has 0 fully saturated rings. The number of carbonyl (C=O) groups excluding carboxylic acids is 1. The number of rotatable bonds is 4. The number of hydrogen-bond donors (Lipinski definition) is 1. The Balaban J connectivity index is 2.74. The standard InChI is InChI=1S/C12H14FNO3/c1-8-7-9(3-4-10(8)13)12(17)14(2)6-5-11(15)16/h3-4,7H,5-6H2,1-2H3,(H,15,16). The minimum atomic E-state index is -0.958. The molecule has 0 saturated carbocycles. The summed E-state index contributed by atoms with van der Waals surface area (Å²) in [6.07, 6.45) is -0.109. The predicted octanol–water partition coefficient (Wildman–Crippen LogP) is 1.68. The van der Waals surface area contributed by atoms with Gasteiger partial charge in [-0.15, -0.1) is 0 Å². The molecule has 0 saturated heterocycles. The fourth-order valence-corrected chi connectivity index (χ4v) is 1.36. The van der Waals surface area contributed by atoms with Gasteiger partial charge >= 0.3 is 5.97 Å². The molecule has 0 unspecified atom stereocenters. The van der Waals surface area contributed by atoms with Crippen LogP contribution < -0.4 is 0 Å². The number of carbonyl (C=O) groups is 2. The van der Waals surface area contributed by atoms with E-state index in [1.54, 1.807) is 6.92 Å². The molecule has 1 N–H and O–H groups in total. The lowest BCUT2D eigenvalue weighted by molar-refractivity contribution is -0.137. The second kappa shape index (κ2) is 5.43. The molecule has 1 amide bonds. The molecule has 0 heterocycles. The van der Waals surface area contributed by atoms with Gasteiger partial charge in [0.05, 0.1) is 6.42 Å². The molecule has 0 bridgehead atoms. The Labute approximate surface area is 98.7 Å². The van der Waals surface area contributed by atoms with E-state index in [-0.39, 0.29) is 24.7 Å². The van der Waals surface area contributed by atoms with Gasteiger partial charge in [-0.2, -0.15) is 0 Å². The van der Waals surface area contributed by atoms with E-state index in [0.717, 1.165) is 0 Å². The Hall–Kier alpha value is -1.91.